The fraction of sp³-hybridized carbons (Fsp3) is 0.389. The van der Waals surface area contributed by atoms with Crippen molar-refractivity contribution in [2.45, 2.75) is 43.0 Å². The normalized spacial score (nSPS) is 14.2. The molecule has 148 valence electrons. The van der Waals surface area contributed by atoms with Gasteiger partial charge in [-0.3, -0.25) is 19.5 Å². The molecule has 0 spiro atoms. The number of carbonyl (C=O) groups excluding carboxylic acids is 3. The molecule has 1 heterocycles. The highest BCUT2D eigenvalue weighted by molar-refractivity contribution is 8.00. The summed E-state index contributed by atoms with van der Waals surface area (Å²) in [5.74, 6) is 0.596. The Morgan fingerprint density at radius 1 is 1.25 bits per heavy atom. The molecule has 0 aliphatic heterocycles. The van der Waals surface area contributed by atoms with E-state index in [1.54, 1.807) is 13.0 Å². The zero-order chi connectivity index (χ0) is 20.3. The van der Waals surface area contributed by atoms with Crippen molar-refractivity contribution in [2.75, 3.05) is 12.4 Å². The van der Waals surface area contributed by atoms with Crippen LogP contribution in [-0.2, 0) is 9.59 Å². The lowest BCUT2D eigenvalue weighted by atomic mass is 10.2. The van der Waals surface area contributed by atoms with Gasteiger partial charge in [0.25, 0.3) is 0 Å². The van der Waals surface area contributed by atoms with Gasteiger partial charge in [-0.1, -0.05) is 17.8 Å². The van der Waals surface area contributed by atoms with Crippen LogP contribution in [0, 0.1) is 0 Å². The topological polar surface area (TPSA) is 118 Å². The second-order valence-corrected chi connectivity index (χ2v) is 7.82. The lowest BCUT2D eigenvalue weighted by Crippen LogP contribution is -2.41. The van der Waals surface area contributed by atoms with Crippen molar-refractivity contribution in [1.82, 2.24) is 25.4 Å². The number of imide groups is 1. The second kappa shape index (κ2) is 8.42. The zero-order valence-electron chi connectivity index (χ0n) is 15.9. The van der Waals surface area contributed by atoms with Gasteiger partial charge in [-0.15, -0.1) is 10.2 Å². The molecule has 2 aromatic rings. The molecule has 9 nitrogen and oxygen atoms in total. The Labute approximate surface area is 166 Å². The molecule has 3 N–H and O–H groups in total. The number of hydrogen-bond acceptors (Lipinski definition) is 6. The van der Waals surface area contributed by atoms with Crippen LogP contribution >= 0.6 is 11.8 Å². The summed E-state index contributed by atoms with van der Waals surface area (Å²) in [5, 5.41) is 16.0. The van der Waals surface area contributed by atoms with E-state index in [0.29, 0.717) is 16.8 Å². The van der Waals surface area contributed by atoms with Crippen molar-refractivity contribution in [2.24, 2.45) is 0 Å². The van der Waals surface area contributed by atoms with Crippen LogP contribution in [0.25, 0.3) is 5.69 Å². The number of nitrogens with zero attached hydrogens (tertiary/aromatic N) is 3. The molecule has 1 atom stereocenters. The second-order valence-electron chi connectivity index (χ2n) is 6.51. The van der Waals surface area contributed by atoms with E-state index in [1.807, 2.05) is 22.8 Å². The molecular formula is C18H22N6O3S. The SMILES string of the molecule is CNC(=O)NC(=O)C(C)Sc1nnc(C2CC2)n1-c1cccc(NC(C)=O)c1. The van der Waals surface area contributed by atoms with Gasteiger partial charge in [-0.05, 0) is 38.0 Å². The van der Waals surface area contributed by atoms with E-state index in [4.69, 9.17) is 0 Å². The van der Waals surface area contributed by atoms with Crippen LogP contribution in [0.5, 0.6) is 0 Å². The first kappa shape index (κ1) is 19.9. The van der Waals surface area contributed by atoms with Crippen LogP contribution in [0.4, 0.5) is 10.5 Å². The third kappa shape index (κ3) is 4.69. The standard InChI is InChI=1S/C18H22N6O3S/c1-10(16(26)21-17(27)19-3)28-18-23-22-15(12-7-8-12)24(18)14-6-4-5-13(9-14)20-11(2)25/h4-6,9-10,12H,7-8H2,1-3H3,(H,20,25)(H2,19,21,26,27). The molecule has 0 radical (unpaired) electrons. The Balaban J connectivity index is 1.89. The van der Waals surface area contributed by atoms with Gasteiger partial charge in [0.1, 0.15) is 5.82 Å². The predicted octanol–water partition coefficient (Wildman–Crippen LogP) is 2.04. The van der Waals surface area contributed by atoms with Crippen LogP contribution < -0.4 is 16.0 Å². The molecule has 1 saturated carbocycles. The molecule has 1 aliphatic carbocycles. The maximum atomic E-state index is 12.2. The molecule has 1 aliphatic rings. The van der Waals surface area contributed by atoms with Crippen LogP contribution in [0.15, 0.2) is 29.4 Å². The molecule has 1 fully saturated rings. The molecule has 1 aromatic heterocycles. The van der Waals surface area contributed by atoms with E-state index in [1.165, 1.54) is 25.7 Å². The monoisotopic (exact) mass is 402 g/mol. The first-order valence-electron chi connectivity index (χ1n) is 8.91. The fourth-order valence-electron chi connectivity index (χ4n) is 2.62. The molecule has 28 heavy (non-hydrogen) atoms. The van der Waals surface area contributed by atoms with Crippen molar-refractivity contribution in [3.05, 3.63) is 30.1 Å². The lowest BCUT2D eigenvalue weighted by molar-refractivity contribution is -0.119. The molecular weight excluding hydrogens is 380 g/mol. The number of aromatic nitrogens is 3. The maximum Gasteiger partial charge on any atom is 0.321 e. The van der Waals surface area contributed by atoms with E-state index in [-0.39, 0.29) is 5.91 Å². The summed E-state index contributed by atoms with van der Waals surface area (Å²) in [4.78, 5) is 34.9. The van der Waals surface area contributed by atoms with Crippen molar-refractivity contribution in [3.8, 4) is 5.69 Å². The van der Waals surface area contributed by atoms with Crippen molar-refractivity contribution in [3.63, 3.8) is 0 Å². The summed E-state index contributed by atoms with van der Waals surface area (Å²) in [6.45, 7) is 3.15. The Morgan fingerprint density at radius 2 is 2.00 bits per heavy atom. The van der Waals surface area contributed by atoms with Crippen molar-refractivity contribution in [1.29, 1.82) is 0 Å². The average molecular weight is 402 g/mol. The van der Waals surface area contributed by atoms with Gasteiger partial charge in [-0.25, -0.2) is 4.79 Å². The average Bonchev–Trinajstić information content (AvgIpc) is 3.41. The summed E-state index contributed by atoms with van der Waals surface area (Å²) in [5.41, 5.74) is 1.47. The maximum absolute atomic E-state index is 12.2. The van der Waals surface area contributed by atoms with Crippen LogP contribution in [0.2, 0.25) is 0 Å². The Hall–Kier alpha value is -2.88. The largest absolute Gasteiger partial charge is 0.341 e. The lowest BCUT2D eigenvalue weighted by Gasteiger charge is -2.14. The quantitative estimate of drug-likeness (QED) is 0.637. The highest BCUT2D eigenvalue weighted by Crippen LogP contribution is 2.41. The van der Waals surface area contributed by atoms with Crippen molar-refractivity contribution < 1.29 is 14.4 Å². The minimum Gasteiger partial charge on any atom is -0.341 e. The van der Waals surface area contributed by atoms with Gasteiger partial charge in [0.05, 0.1) is 10.9 Å². The number of benzene rings is 1. The van der Waals surface area contributed by atoms with E-state index < -0.39 is 17.2 Å². The summed E-state index contributed by atoms with van der Waals surface area (Å²) < 4.78 is 1.91. The van der Waals surface area contributed by atoms with E-state index in [2.05, 4.69) is 26.1 Å². The van der Waals surface area contributed by atoms with Gasteiger partial charge >= 0.3 is 6.03 Å². The number of amides is 4. The number of anilines is 1. The van der Waals surface area contributed by atoms with Gasteiger partial charge < -0.3 is 10.6 Å². The molecule has 0 saturated heterocycles. The van der Waals surface area contributed by atoms with E-state index >= 15 is 0 Å². The molecule has 3 rings (SSSR count). The van der Waals surface area contributed by atoms with E-state index in [0.717, 1.165) is 24.4 Å². The molecule has 0 bridgehead atoms. The first-order chi connectivity index (χ1) is 13.4. The highest BCUT2D eigenvalue weighted by Gasteiger charge is 2.32. The number of urea groups is 1. The molecule has 1 unspecified atom stereocenters. The Kier molecular flexibility index (Phi) is 5.98. The van der Waals surface area contributed by atoms with Gasteiger partial charge in [0.15, 0.2) is 5.16 Å². The Morgan fingerprint density at radius 3 is 2.64 bits per heavy atom. The summed E-state index contributed by atoms with van der Waals surface area (Å²) in [6, 6.07) is 6.84. The van der Waals surface area contributed by atoms with Crippen LogP contribution in [0.3, 0.4) is 0 Å². The summed E-state index contributed by atoms with van der Waals surface area (Å²) in [7, 11) is 1.45. The van der Waals surface area contributed by atoms with Crippen molar-refractivity contribution >= 4 is 35.3 Å². The number of thioether (sulfide) groups is 1. The summed E-state index contributed by atoms with van der Waals surface area (Å²) >= 11 is 1.22. The minimum atomic E-state index is -0.555. The first-order valence-corrected chi connectivity index (χ1v) is 9.79. The van der Waals surface area contributed by atoms with E-state index in [9.17, 15) is 14.4 Å². The predicted molar refractivity (Wildman–Crippen MR) is 106 cm³/mol. The smallest absolute Gasteiger partial charge is 0.321 e. The number of nitrogens with one attached hydrogen (secondary N) is 3. The van der Waals surface area contributed by atoms with Crippen LogP contribution in [0.1, 0.15) is 38.4 Å². The number of carbonyl (C=O) groups is 3. The van der Waals surface area contributed by atoms with Gasteiger partial charge in [0, 0.05) is 25.6 Å². The molecule has 1 aromatic carbocycles. The van der Waals surface area contributed by atoms with Gasteiger partial charge in [-0.2, -0.15) is 0 Å². The fourth-order valence-corrected chi connectivity index (χ4v) is 3.49. The zero-order valence-corrected chi connectivity index (χ0v) is 16.7. The third-order valence-corrected chi connectivity index (χ3v) is 5.18. The molecule has 4 amide bonds. The minimum absolute atomic E-state index is 0.155. The number of hydrogen-bond donors (Lipinski definition) is 3. The number of rotatable bonds is 6. The highest BCUT2D eigenvalue weighted by atomic mass is 32.2. The van der Waals surface area contributed by atoms with Gasteiger partial charge in [0.2, 0.25) is 11.8 Å². The summed E-state index contributed by atoms with van der Waals surface area (Å²) in [6.07, 6.45) is 2.09. The third-order valence-electron chi connectivity index (χ3n) is 4.14. The van der Waals surface area contributed by atoms with Crippen LogP contribution in [-0.4, -0.2) is 44.9 Å². The molecule has 10 heteroatoms. The Bertz CT molecular complexity index is 908.